The van der Waals surface area contributed by atoms with Crippen LogP contribution in [0.3, 0.4) is 0 Å². The van der Waals surface area contributed by atoms with Crippen LogP contribution < -0.4 is 4.74 Å². The highest BCUT2D eigenvalue weighted by molar-refractivity contribution is 7.71. The first kappa shape index (κ1) is 11.9. The molecular formula is C12H13N5OS. The van der Waals surface area contributed by atoms with Crippen LogP contribution in [-0.4, -0.2) is 31.4 Å². The molecule has 0 saturated carbocycles. The molecule has 19 heavy (non-hydrogen) atoms. The topological polar surface area (TPSA) is 60.7 Å². The minimum atomic E-state index is 0.578. The van der Waals surface area contributed by atoms with Gasteiger partial charge in [0.1, 0.15) is 0 Å². The first-order chi connectivity index (χ1) is 9.28. The van der Waals surface area contributed by atoms with Gasteiger partial charge in [0, 0.05) is 25.0 Å². The number of aromatic amines is 1. The van der Waals surface area contributed by atoms with Gasteiger partial charge in [0.05, 0.1) is 19.2 Å². The van der Waals surface area contributed by atoms with Crippen molar-refractivity contribution in [3.63, 3.8) is 0 Å². The summed E-state index contributed by atoms with van der Waals surface area (Å²) in [5.41, 5.74) is 1.71. The Kier molecular flexibility index (Phi) is 3.04. The maximum absolute atomic E-state index is 5.32. The van der Waals surface area contributed by atoms with Crippen LogP contribution in [0.4, 0.5) is 0 Å². The van der Waals surface area contributed by atoms with Gasteiger partial charge in [0.2, 0.25) is 5.88 Å². The zero-order chi connectivity index (χ0) is 13.2. The molecule has 0 aliphatic heterocycles. The molecule has 0 bridgehead atoms. The number of methoxy groups -OCH3 is 1. The molecule has 0 aromatic carbocycles. The second-order valence-corrected chi connectivity index (χ2v) is 4.46. The summed E-state index contributed by atoms with van der Waals surface area (Å²) in [4.78, 5) is 7.57. The van der Waals surface area contributed by atoms with Crippen LogP contribution in [0.2, 0.25) is 0 Å². The van der Waals surface area contributed by atoms with Gasteiger partial charge in [0.15, 0.2) is 10.4 Å². The van der Waals surface area contributed by atoms with Crippen molar-refractivity contribution in [3.8, 4) is 5.88 Å². The number of ether oxygens (including phenoxy) is 1. The van der Waals surface area contributed by atoms with Crippen LogP contribution in [-0.2, 0) is 13.1 Å². The molecule has 0 aliphatic rings. The number of hydrogen-bond acceptors (Lipinski definition) is 4. The number of nitrogens with zero attached hydrogens (tertiary/aromatic N) is 4. The molecule has 3 aromatic rings. The monoisotopic (exact) mass is 275 g/mol. The highest BCUT2D eigenvalue weighted by Crippen LogP contribution is 2.16. The molecule has 6 nitrogen and oxygen atoms in total. The molecule has 1 N–H and O–H groups in total. The largest absolute Gasteiger partial charge is 0.481 e. The number of pyridine rings is 1. The third kappa shape index (κ3) is 2.24. The quantitative estimate of drug-likeness (QED) is 0.740. The molecule has 0 atom stereocenters. The van der Waals surface area contributed by atoms with Gasteiger partial charge in [-0.15, -0.1) is 0 Å². The number of nitrogens with one attached hydrogen (secondary N) is 1. The molecule has 0 amide bonds. The van der Waals surface area contributed by atoms with Gasteiger partial charge in [0.25, 0.3) is 0 Å². The van der Waals surface area contributed by atoms with Crippen LogP contribution in [0.25, 0.3) is 11.2 Å². The summed E-state index contributed by atoms with van der Waals surface area (Å²) in [6.07, 6.45) is 3.68. The van der Waals surface area contributed by atoms with Crippen molar-refractivity contribution in [1.82, 2.24) is 24.3 Å². The SMILES string of the molecule is COc1ccc2[nH]c(=S)n(CCn3cccn3)c2n1. The smallest absolute Gasteiger partial charge is 0.215 e. The van der Waals surface area contributed by atoms with Crippen LogP contribution in [0.15, 0.2) is 30.6 Å². The molecule has 0 fully saturated rings. The molecule has 0 saturated heterocycles. The number of imidazole rings is 1. The average Bonchev–Trinajstić information content (AvgIpc) is 3.03. The normalized spacial score (nSPS) is 11.0. The van der Waals surface area contributed by atoms with Crippen molar-refractivity contribution >= 4 is 23.4 Å². The Morgan fingerprint density at radius 1 is 1.37 bits per heavy atom. The van der Waals surface area contributed by atoms with Crippen molar-refractivity contribution in [2.75, 3.05) is 7.11 Å². The van der Waals surface area contributed by atoms with Crippen molar-refractivity contribution < 1.29 is 4.74 Å². The first-order valence-electron chi connectivity index (χ1n) is 5.89. The van der Waals surface area contributed by atoms with Crippen molar-refractivity contribution in [3.05, 3.63) is 35.4 Å². The van der Waals surface area contributed by atoms with E-state index in [9.17, 15) is 0 Å². The lowest BCUT2D eigenvalue weighted by Crippen LogP contribution is -2.08. The number of fused-ring (bicyclic) bond motifs is 1. The predicted octanol–water partition coefficient (Wildman–Crippen LogP) is 2.00. The van der Waals surface area contributed by atoms with Gasteiger partial charge in [-0.25, -0.2) is 0 Å². The lowest BCUT2D eigenvalue weighted by Gasteiger charge is -2.05. The zero-order valence-corrected chi connectivity index (χ0v) is 11.2. The number of rotatable bonds is 4. The van der Waals surface area contributed by atoms with E-state index in [0.29, 0.717) is 17.2 Å². The Labute approximate surface area is 114 Å². The molecule has 7 heteroatoms. The molecule has 3 aromatic heterocycles. The Hall–Kier alpha value is -2.15. The standard InChI is InChI=1S/C12H13N5OS/c1-18-10-4-3-9-11(15-10)17(12(19)14-9)8-7-16-6-2-5-13-16/h2-6H,7-8H2,1H3,(H,14,19). The average molecular weight is 275 g/mol. The molecule has 3 rings (SSSR count). The molecular weight excluding hydrogens is 262 g/mol. The van der Waals surface area contributed by atoms with E-state index < -0.39 is 0 Å². The minimum absolute atomic E-state index is 0.578. The third-order valence-corrected chi connectivity index (χ3v) is 3.24. The number of H-pyrrole nitrogens is 1. The Bertz CT molecular complexity index is 743. The Balaban J connectivity index is 1.97. The van der Waals surface area contributed by atoms with Gasteiger partial charge in [-0.05, 0) is 24.4 Å². The molecule has 0 unspecified atom stereocenters. The second kappa shape index (κ2) is 4.85. The van der Waals surface area contributed by atoms with E-state index in [1.54, 1.807) is 13.3 Å². The molecule has 3 heterocycles. The maximum atomic E-state index is 5.32. The lowest BCUT2D eigenvalue weighted by atomic mass is 10.4. The number of hydrogen-bond donors (Lipinski definition) is 1. The second-order valence-electron chi connectivity index (χ2n) is 4.08. The predicted molar refractivity (Wildman–Crippen MR) is 73.7 cm³/mol. The third-order valence-electron chi connectivity index (χ3n) is 2.91. The van der Waals surface area contributed by atoms with E-state index in [4.69, 9.17) is 17.0 Å². The number of aromatic nitrogens is 5. The van der Waals surface area contributed by atoms with Crippen LogP contribution in [0, 0.1) is 4.77 Å². The van der Waals surface area contributed by atoms with E-state index >= 15 is 0 Å². The molecule has 98 valence electrons. The van der Waals surface area contributed by atoms with E-state index in [-0.39, 0.29) is 0 Å². The van der Waals surface area contributed by atoms with Crippen molar-refractivity contribution in [2.24, 2.45) is 0 Å². The van der Waals surface area contributed by atoms with Gasteiger partial charge in [-0.2, -0.15) is 10.1 Å². The van der Waals surface area contributed by atoms with Gasteiger partial charge < -0.3 is 9.72 Å². The fourth-order valence-corrected chi connectivity index (χ4v) is 2.26. The molecule has 0 spiro atoms. The molecule has 0 aliphatic carbocycles. The van der Waals surface area contributed by atoms with Gasteiger partial charge in [-0.3, -0.25) is 9.25 Å². The summed E-state index contributed by atoms with van der Waals surface area (Å²) in [6.45, 7) is 1.45. The summed E-state index contributed by atoms with van der Waals surface area (Å²) < 4.78 is 9.62. The highest BCUT2D eigenvalue weighted by Gasteiger charge is 2.07. The summed E-state index contributed by atoms with van der Waals surface area (Å²) in [6, 6.07) is 5.63. The zero-order valence-electron chi connectivity index (χ0n) is 10.4. The first-order valence-corrected chi connectivity index (χ1v) is 6.30. The van der Waals surface area contributed by atoms with Crippen LogP contribution in [0.1, 0.15) is 0 Å². The molecule has 0 radical (unpaired) electrons. The summed E-state index contributed by atoms with van der Waals surface area (Å²) in [7, 11) is 1.60. The summed E-state index contributed by atoms with van der Waals surface area (Å²) >= 11 is 5.32. The van der Waals surface area contributed by atoms with Crippen molar-refractivity contribution in [1.29, 1.82) is 0 Å². The maximum Gasteiger partial charge on any atom is 0.215 e. The van der Waals surface area contributed by atoms with E-state index in [1.165, 1.54) is 0 Å². The van der Waals surface area contributed by atoms with E-state index in [2.05, 4.69) is 15.1 Å². The number of aryl methyl sites for hydroxylation is 2. The lowest BCUT2D eigenvalue weighted by molar-refractivity contribution is 0.398. The van der Waals surface area contributed by atoms with Crippen molar-refractivity contribution in [2.45, 2.75) is 13.1 Å². The minimum Gasteiger partial charge on any atom is -0.481 e. The fourth-order valence-electron chi connectivity index (χ4n) is 1.97. The van der Waals surface area contributed by atoms with Crippen LogP contribution >= 0.6 is 12.2 Å². The van der Waals surface area contributed by atoms with E-state index in [0.717, 1.165) is 17.7 Å². The highest BCUT2D eigenvalue weighted by atomic mass is 32.1. The van der Waals surface area contributed by atoms with Crippen LogP contribution in [0.5, 0.6) is 5.88 Å². The van der Waals surface area contributed by atoms with E-state index in [1.807, 2.05) is 33.6 Å². The fraction of sp³-hybridized carbons (Fsp3) is 0.250. The summed E-state index contributed by atoms with van der Waals surface area (Å²) in [5.74, 6) is 0.578. The Morgan fingerprint density at radius 2 is 2.26 bits per heavy atom. The van der Waals surface area contributed by atoms with Gasteiger partial charge >= 0.3 is 0 Å². The van der Waals surface area contributed by atoms with Gasteiger partial charge in [-0.1, -0.05) is 0 Å². The summed E-state index contributed by atoms with van der Waals surface area (Å²) in [5, 5.41) is 4.17. The Morgan fingerprint density at radius 3 is 3.00 bits per heavy atom.